The summed E-state index contributed by atoms with van der Waals surface area (Å²) in [4.78, 5) is 13.9. The van der Waals surface area contributed by atoms with Gasteiger partial charge in [0.05, 0.1) is 5.56 Å². The van der Waals surface area contributed by atoms with E-state index in [1.54, 1.807) is 0 Å². The van der Waals surface area contributed by atoms with Gasteiger partial charge in [-0.2, -0.15) is 18.4 Å². The highest BCUT2D eigenvalue weighted by Gasteiger charge is 2.36. The van der Waals surface area contributed by atoms with Crippen LogP contribution in [0.5, 0.6) is 0 Å². The third kappa shape index (κ3) is 2.57. The maximum absolute atomic E-state index is 14.0. The highest BCUT2D eigenvalue weighted by atomic mass is 19.4. The number of H-pyrrole nitrogens is 1. The van der Waals surface area contributed by atoms with Crippen LogP contribution < -0.4 is 5.56 Å². The number of hydrogen-bond donors (Lipinski definition) is 1. The zero-order chi connectivity index (χ0) is 16.7. The van der Waals surface area contributed by atoms with Gasteiger partial charge in [-0.1, -0.05) is 6.07 Å². The standard InChI is InChI=1S/C14H7F5N2O/c1-6-4-8(9(5-20)13(22)21-6)7-2-3-10(14(17,18)19)12(16)11(7)15/h2-4H,1H3,(H,21,22). The maximum atomic E-state index is 14.0. The van der Waals surface area contributed by atoms with E-state index >= 15 is 0 Å². The fraction of sp³-hybridized carbons (Fsp3) is 0.143. The van der Waals surface area contributed by atoms with Gasteiger partial charge >= 0.3 is 6.18 Å². The van der Waals surface area contributed by atoms with Crippen molar-refractivity contribution in [2.75, 3.05) is 0 Å². The Balaban J connectivity index is 2.79. The minimum Gasteiger partial charge on any atom is -0.325 e. The number of hydrogen-bond acceptors (Lipinski definition) is 2. The van der Waals surface area contributed by atoms with Gasteiger partial charge in [0.2, 0.25) is 0 Å². The molecule has 0 aliphatic heterocycles. The second-order valence-corrected chi connectivity index (χ2v) is 4.47. The first kappa shape index (κ1) is 15.7. The fourth-order valence-electron chi connectivity index (χ4n) is 1.99. The van der Waals surface area contributed by atoms with E-state index in [0.29, 0.717) is 12.1 Å². The number of nitrogens with zero attached hydrogens (tertiary/aromatic N) is 1. The van der Waals surface area contributed by atoms with Crippen LogP contribution in [0.15, 0.2) is 23.0 Å². The van der Waals surface area contributed by atoms with Crippen molar-refractivity contribution in [1.29, 1.82) is 5.26 Å². The van der Waals surface area contributed by atoms with Crippen molar-refractivity contribution in [3.63, 3.8) is 0 Å². The molecule has 22 heavy (non-hydrogen) atoms. The smallest absolute Gasteiger partial charge is 0.325 e. The van der Waals surface area contributed by atoms with Gasteiger partial charge in [0.25, 0.3) is 5.56 Å². The average Bonchev–Trinajstić information content (AvgIpc) is 2.39. The lowest BCUT2D eigenvalue weighted by Gasteiger charge is -2.12. The van der Waals surface area contributed by atoms with E-state index in [2.05, 4.69) is 4.98 Å². The zero-order valence-corrected chi connectivity index (χ0v) is 11.0. The first-order valence-electron chi connectivity index (χ1n) is 5.86. The molecule has 1 heterocycles. The molecule has 0 aliphatic carbocycles. The van der Waals surface area contributed by atoms with Crippen molar-refractivity contribution in [1.82, 2.24) is 4.98 Å². The Morgan fingerprint density at radius 3 is 2.32 bits per heavy atom. The van der Waals surface area contributed by atoms with Gasteiger partial charge in [-0.05, 0) is 19.1 Å². The summed E-state index contributed by atoms with van der Waals surface area (Å²) in [5.41, 5.74) is -3.71. The molecule has 0 fully saturated rings. The number of halogens is 5. The van der Waals surface area contributed by atoms with Crippen LogP contribution in [0.3, 0.4) is 0 Å². The number of nitriles is 1. The Bertz CT molecular complexity index is 846. The lowest BCUT2D eigenvalue weighted by Crippen LogP contribution is -2.14. The van der Waals surface area contributed by atoms with E-state index in [9.17, 15) is 26.7 Å². The lowest BCUT2D eigenvalue weighted by molar-refractivity contribution is -0.140. The minimum absolute atomic E-state index is 0.249. The molecule has 0 unspecified atom stereocenters. The van der Waals surface area contributed by atoms with Crippen molar-refractivity contribution in [3.8, 4) is 17.2 Å². The molecule has 0 saturated carbocycles. The molecular formula is C14H7F5N2O. The molecule has 3 nitrogen and oxygen atoms in total. The molecule has 1 aromatic carbocycles. The largest absolute Gasteiger partial charge is 0.419 e. The molecule has 0 spiro atoms. The van der Waals surface area contributed by atoms with E-state index < -0.39 is 40.1 Å². The topological polar surface area (TPSA) is 56.6 Å². The summed E-state index contributed by atoms with van der Waals surface area (Å²) in [6.07, 6.45) is -5.05. The Labute approximate surface area is 120 Å². The Morgan fingerprint density at radius 1 is 1.14 bits per heavy atom. The summed E-state index contributed by atoms with van der Waals surface area (Å²) < 4.78 is 65.1. The summed E-state index contributed by atoms with van der Waals surface area (Å²) in [6.45, 7) is 1.43. The fourth-order valence-corrected chi connectivity index (χ4v) is 1.99. The Hall–Kier alpha value is -2.69. The highest BCUT2D eigenvalue weighted by Crippen LogP contribution is 2.35. The summed E-state index contributed by atoms with van der Waals surface area (Å²) >= 11 is 0. The molecule has 1 aromatic heterocycles. The number of benzene rings is 1. The van der Waals surface area contributed by atoms with Gasteiger partial charge in [0, 0.05) is 16.8 Å². The van der Waals surface area contributed by atoms with Crippen LogP contribution >= 0.6 is 0 Å². The minimum atomic E-state index is -5.05. The van der Waals surface area contributed by atoms with Crippen LogP contribution in [0.1, 0.15) is 16.8 Å². The van der Waals surface area contributed by atoms with Crippen molar-refractivity contribution in [2.45, 2.75) is 13.1 Å². The number of aromatic nitrogens is 1. The van der Waals surface area contributed by atoms with Crippen molar-refractivity contribution in [3.05, 3.63) is 57.0 Å². The van der Waals surface area contributed by atoms with Crippen molar-refractivity contribution >= 4 is 0 Å². The zero-order valence-electron chi connectivity index (χ0n) is 11.0. The second-order valence-electron chi connectivity index (χ2n) is 4.47. The monoisotopic (exact) mass is 314 g/mol. The maximum Gasteiger partial charge on any atom is 0.419 e. The van der Waals surface area contributed by atoms with Gasteiger partial charge in [-0.3, -0.25) is 4.79 Å². The summed E-state index contributed by atoms with van der Waals surface area (Å²) in [7, 11) is 0. The summed E-state index contributed by atoms with van der Waals surface area (Å²) in [5, 5.41) is 8.93. The van der Waals surface area contributed by atoms with Gasteiger partial charge in [0.15, 0.2) is 11.6 Å². The van der Waals surface area contributed by atoms with Gasteiger partial charge in [0.1, 0.15) is 11.6 Å². The molecule has 0 saturated heterocycles. The van der Waals surface area contributed by atoms with Crippen LogP contribution in [-0.4, -0.2) is 4.98 Å². The van der Waals surface area contributed by atoms with E-state index in [1.807, 2.05) is 0 Å². The van der Waals surface area contributed by atoms with Crippen LogP contribution in [0, 0.1) is 29.9 Å². The normalized spacial score (nSPS) is 11.3. The number of pyridine rings is 1. The third-order valence-electron chi connectivity index (χ3n) is 2.96. The van der Waals surface area contributed by atoms with E-state index in [1.165, 1.54) is 19.1 Å². The van der Waals surface area contributed by atoms with Crippen molar-refractivity contribution in [2.24, 2.45) is 0 Å². The number of alkyl halides is 3. The van der Waals surface area contributed by atoms with Gasteiger partial charge in [-0.15, -0.1) is 0 Å². The Morgan fingerprint density at radius 2 is 1.77 bits per heavy atom. The first-order valence-corrected chi connectivity index (χ1v) is 5.86. The molecule has 0 amide bonds. The van der Waals surface area contributed by atoms with E-state index in [0.717, 1.165) is 0 Å². The molecule has 8 heteroatoms. The molecule has 0 bridgehead atoms. The van der Waals surface area contributed by atoms with Crippen LogP contribution in [0.2, 0.25) is 0 Å². The predicted octanol–water partition coefficient (Wildman–Crippen LogP) is 3.52. The molecule has 0 aliphatic rings. The summed E-state index contributed by atoms with van der Waals surface area (Å²) in [5.74, 6) is -3.84. The molecule has 0 atom stereocenters. The molecule has 1 N–H and O–H groups in total. The number of aryl methyl sites for hydroxylation is 1. The number of nitrogens with one attached hydrogen (secondary N) is 1. The number of aromatic amines is 1. The predicted molar refractivity (Wildman–Crippen MR) is 66.9 cm³/mol. The second kappa shape index (κ2) is 5.26. The molecule has 2 rings (SSSR count). The quantitative estimate of drug-likeness (QED) is 0.819. The van der Waals surface area contributed by atoms with Crippen LogP contribution in [0.4, 0.5) is 22.0 Å². The van der Waals surface area contributed by atoms with Gasteiger partial charge in [-0.25, -0.2) is 8.78 Å². The molecule has 0 radical (unpaired) electrons. The van der Waals surface area contributed by atoms with E-state index in [4.69, 9.17) is 5.26 Å². The molecule has 114 valence electrons. The lowest BCUT2D eigenvalue weighted by atomic mass is 9.98. The van der Waals surface area contributed by atoms with Crippen molar-refractivity contribution < 1.29 is 22.0 Å². The first-order chi connectivity index (χ1) is 10.2. The Kier molecular flexibility index (Phi) is 3.75. The SMILES string of the molecule is Cc1cc(-c2ccc(C(F)(F)F)c(F)c2F)c(C#N)c(=O)[nH]1. The molecular weight excluding hydrogens is 307 g/mol. The van der Waals surface area contributed by atoms with Gasteiger partial charge < -0.3 is 4.98 Å². The van der Waals surface area contributed by atoms with Crippen LogP contribution in [0.25, 0.3) is 11.1 Å². The van der Waals surface area contributed by atoms with E-state index in [-0.39, 0.29) is 11.3 Å². The third-order valence-corrected chi connectivity index (χ3v) is 2.96. The molecule has 2 aromatic rings. The van der Waals surface area contributed by atoms with Crippen LogP contribution in [-0.2, 0) is 6.18 Å². The summed E-state index contributed by atoms with van der Waals surface area (Å²) in [6, 6.07) is 3.77. The highest BCUT2D eigenvalue weighted by molar-refractivity contribution is 5.71. The average molecular weight is 314 g/mol. The number of rotatable bonds is 1.